The van der Waals surface area contributed by atoms with Gasteiger partial charge in [-0.3, -0.25) is 14.5 Å². The van der Waals surface area contributed by atoms with Crippen molar-refractivity contribution >= 4 is 11.8 Å². The smallest absolute Gasteiger partial charge is 0.312 e. The van der Waals surface area contributed by atoms with E-state index in [0.29, 0.717) is 25.7 Å². The number of amides is 2. The summed E-state index contributed by atoms with van der Waals surface area (Å²) in [6.45, 7) is 6.57. The molecular formula is C15H26N4O2. The number of fused-ring (bicyclic) bond motifs is 1. The Labute approximate surface area is 126 Å². The molecule has 0 aromatic carbocycles. The molecule has 3 rings (SSSR count). The molecule has 6 nitrogen and oxygen atoms in total. The van der Waals surface area contributed by atoms with Gasteiger partial charge in [-0.15, -0.1) is 0 Å². The summed E-state index contributed by atoms with van der Waals surface area (Å²) >= 11 is 0. The predicted molar refractivity (Wildman–Crippen MR) is 79.9 cm³/mol. The van der Waals surface area contributed by atoms with Crippen LogP contribution in [0.15, 0.2) is 0 Å². The van der Waals surface area contributed by atoms with E-state index in [0.717, 1.165) is 45.6 Å². The van der Waals surface area contributed by atoms with Crippen LogP contribution in [0.2, 0.25) is 0 Å². The summed E-state index contributed by atoms with van der Waals surface area (Å²) in [7, 11) is 0. The minimum atomic E-state index is -0.303. The number of carbonyl (C=O) groups excluding carboxylic acids is 2. The van der Waals surface area contributed by atoms with Crippen LogP contribution in [0.5, 0.6) is 0 Å². The summed E-state index contributed by atoms with van der Waals surface area (Å²) in [5, 5.41) is 3.26. The zero-order chi connectivity index (χ0) is 14.7. The van der Waals surface area contributed by atoms with Crippen molar-refractivity contribution in [1.29, 1.82) is 0 Å². The fourth-order valence-corrected chi connectivity index (χ4v) is 3.66. The molecule has 3 fully saturated rings. The van der Waals surface area contributed by atoms with Gasteiger partial charge in [0.15, 0.2) is 0 Å². The van der Waals surface area contributed by atoms with Crippen molar-refractivity contribution in [3.05, 3.63) is 0 Å². The van der Waals surface area contributed by atoms with Crippen LogP contribution in [0.3, 0.4) is 0 Å². The van der Waals surface area contributed by atoms with Crippen molar-refractivity contribution in [3.8, 4) is 0 Å². The summed E-state index contributed by atoms with van der Waals surface area (Å²) < 4.78 is 0. The summed E-state index contributed by atoms with van der Waals surface area (Å²) in [4.78, 5) is 30.9. The highest BCUT2D eigenvalue weighted by Crippen LogP contribution is 2.21. The van der Waals surface area contributed by atoms with Crippen LogP contribution < -0.4 is 5.32 Å². The number of piperidine rings is 1. The van der Waals surface area contributed by atoms with Crippen molar-refractivity contribution in [3.63, 3.8) is 0 Å². The van der Waals surface area contributed by atoms with Gasteiger partial charge in [0, 0.05) is 45.3 Å². The lowest BCUT2D eigenvalue weighted by molar-refractivity contribution is -0.153. The molecule has 3 aliphatic rings. The standard InChI is InChI=1S/C15H26N4O2/c20-14(18-8-3-5-16-6-9-18)15(21)19-11-10-17-7-2-1-4-13(17)12-19/h13,16H,1-12H2. The molecule has 2 amide bonds. The van der Waals surface area contributed by atoms with E-state index in [9.17, 15) is 9.59 Å². The molecule has 1 unspecified atom stereocenters. The monoisotopic (exact) mass is 294 g/mol. The normalized spacial score (nSPS) is 27.9. The summed E-state index contributed by atoms with van der Waals surface area (Å²) in [6.07, 6.45) is 4.60. The number of carbonyl (C=O) groups is 2. The Bertz CT molecular complexity index is 393. The van der Waals surface area contributed by atoms with Gasteiger partial charge in [-0.2, -0.15) is 0 Å². The summed E-state index contributed by atoms with van der Waals surface area (Å²) in [6, 6.07) is 0.468. The Balaban J connectivity index is 1.58. The highest BCUT2D eigenvalue weighted by Gasteiger charge is 2.34. The molecule has 1 N–H and O–H groups in total. The number of hydrogen-bond acceptors (Lipinski definition) is 4. The molecule has 21 heavy (non-hydrogen) atoms. The topological polar surface area (TPSA) is 55.9 Å². The highest BCUT2D eigenvalue weighted by molar-refractivity contribution is 6.34. The third-order valence-corrected chi connectivity index (χ3v) is 4.93. The molecule has 0 bridgehead atoms. The molecule has 0 radical (unpaired) electrons. The average molecular weight is 294 g/mol. The van der Waals surface area contributed by atoms with Gasteiger partial charge in [0.2, 0.25) is 0 Å². The maximum Gasteiger partial charge on any atom is 0.312 e. The molecule has 0 aliphatic carbocycles. The SMILES string of the molecule is O=C(C(=O)N1CCN2CCCCC2C1)N1CCCNCC1. The van der Waals surface area contributed by atoms with Crippen LogP contribution in [0, 0.1) is 0 Å². The van der Waals surface area contributed by atoms with E-state index >= 15 is 0 Å². The van der Waals surface area contributed by atoms with Gasteiger partial charge in [0.1, 0.15) is 0 Å². The molecular weight excluding hydrogens is 268 g/mol. The number of rotatable bonds is 0. The largest absolute Gasteiger partial charge is 0.333 e. The van der Waals surface area contributed by atoms with Gasteiger partial charge in [-0.05, 0) is 32.4 Å². The second-order valence-corrected chi connectivity index (χ2v) is 6.33. The zero-order valence-corrected chi connectivity index (χ0v) is 12.7. The first-order valence-corrected chi connectivity index (χ1v) is 8.28. The Morgan fingerprint density at radius 1 is 0.810 bits per heavy atom. The summed E-state index contributed by atoms with van der Waals surface area (Å²) in [5.41, 5.74) is 0. The maximum absolute atomic E-state index is 12.5. The van der Waals surface area contributed by atoms with Crippen molar-refractivity contribution < 1.29 is 9.59 Å². The van der Waals surface area contributed by atoms with E-state index in [-0.39, 0.29) is 11.8 Å². The molecule has 3 heterocycles. The first-order chi connectivity index (χ1) is 10.3. The van der Waals surface area contributed by atoms with Gasteiger partial charge in [-0.1, -0.05) is 6.42 Å². The number of piperazine rings is 1. The van der Waals surface area contributed by atoms with Crippen molar-refractivity contribution in [2.24, 2.45) is 0 Å². The maximum atomic E-state index is 12.5. The third-order valence-electron chi connectivity index (χ3n) is 4.93. The second kappa shape index (κ2) is 6.75. The average Bonchev–Trinajstić information content (AvgIpc) is 2.82. The second-order valence-electron chi connectivity index (χ2n) is 6.33. The van der Waals surface area contributed by atoms with Gasteiger partial charge in [0.05, 0.1) is 0 Å². The van der Waals surface area contributed by atoms with E-state index in [1.54, 1.807) is 9.80 Å². The lowest BCUT2D eigenvalue weighted by Gasteiger charge is -2.44. The molecule has 3 saturated heterocycles. The van der Waals surface area contributed by atoms with E-state index in [2.05, 4.69) is 10.2 Å². The van der Waals surface area contributed by atoms with Crippen LogP contribution in [0.25, 0.3) is 0 Å². The molecule has 0 spiro atoms. The van der Waals surface area contributed by atoms with Crippen LogP contribution in [0.4, 0.5) is 0 Å². The first kappa shape index (κ1) is 14.8. The lowest BCUT2D eigenvalue weighted by Crippen LogP contribution is -2.58. The first-order valence-electron chi connectivity index (χ1n) is 8.28. The van der Waals surface area contributed by atoms with Crippen LogP contribution in [0.1, 0.15) is 25.7 Å². The Kier molecular flexibility index (Phi) is 4.75. The molecule has 0 aromatic rings. The van der Waals surface area contributed by atoms with E-state index in [1.165, 1.54) is 12.8 Å². The highest BCUT2D eigenvalue weighted by atomic mass is 16.2. The van der Waals surface area contributed by atoms with Crippen LogP contribution in [-0.4, -0.2) is 84.9 Å². The molecule has 0 aromatic heterocycles. The molecule has 6 heteroatoms. The molecule has 1 atom stereocenters. The Morgan fingerprint density at radius 2 is 1.67 bits per heavy atom. The van der Waals surface area contributed by atoms with Gasteiger partial charge in [-0.25, -0.2) is 0 Å². The third kappa shape index (κ3) is 3.37. The minimum absolute atomic E-state index is 0.290. The van der Waals surface area contributed by atoms with E-state index < -0.39 is 0 Å². The van der Waals surface area contributed by atoms with Crippen LogP contribution >= 0.6 is 0 Å². The number of nitrogens with one attached hydrogen (secondary N) is 1. The van der Waals surface area contributed by atoms with E-state index in [1.807, 2.05) is 0 Å². The van der Waals surface area contributed by atoms with Crippen molar-refractivity contribution in [1.82, 2.24) is 20.0 Å². The quantitative estimate of drug-likeness (QED) is 0.612. The fourth-order valence-electron chi connectivity index (χ4n) is 3.66. The molecule has 118 valence electrons. The van der Waals surface area contributed by atoms with Crippen molar-refractivity contribution in [2.45, 2.75) is 31.7 Å². The minimum Gasteiger partial charge on any atom is -0.333 e. The van der Waals surface area contributed by atoms with E-state index in [4.69, 9.17) is 0 Å². The van der Waals surface area contributed by atoms with Crippen molar-refractivity contribution in [2.75, 3.05) is 52.4 Å². The fraction of sp³-hybridized carbons (Fsp3) is 0.867. The number of nitrogens with zero attached hydrogens (tertiary/aromatic N) is 3. The zero-order valence-electron chi connectivity index (χ0n) is 12.7. The summed E-state index contributed by atoms with van der Waals surface area (Å²) in [5.74, 6) is -0.593. The Morgan fingerprint density at radius 3 is 2.57 bits per heavy atom. The predicted octanol–water partition coefficient (Wildman–Crippen LogP) is -0.495. The van der Waals surface area contributed by atoms with Gasteiger partial charge >= 0.3 is 11.8 Å². The molecule has 3 aliphatic heterocycles. The lowest BCUT2D eigenvalue weighted by atomic mass is 9.99. The van der Waals surface area contributed by atoms with Gasteiger partial charge in [0.25, 0.3) is 0 Å². The molecule has 0 saturated carbocycles. The Hall–Kier alpha value is -1.14. The van der Waals surface area contributed by atoms with Gasteiger partial charge < -0.3 is 15.1 Å². The number of hydrogen-bond donors (Lipinski definition) is 1. The van der Waals surface area contributed by atoms with Crippen LogP contribution in [-0.2, 0) is 9.59 Å².